The number of rotatable bonds is 2. The molecule has 0 aliphatic carbocycles. The van der Waals surface area contributed by atoms with Gasteiger partial charge in [-0.1, -0.05) is 17.7 Å². The van der Waals surface area contributed by atoms with Crippen LogP contribution in [0.15, 0.2) is 30.3 Å². The van der Waals surface area contributed by atoms with Crippen molar-refractivity contribution in [3.63, 3.8) is 0 Å². The lowest BCUT2D eigenvalue weighted by atomic mass is 10.0. The van der Waals surface area contributed by atoms with Crippen molar-refractivity contribution in [3.05, 3.63) is 46.5 Å². The van der Waals surface area contributed by atoms with Gasteiger partial charge in [-0.25, -0.2) is 4.98 Å². The van der Waals surface area contributed by atoms with Crippen LogP contribution in [0.5, 0.6) is 0 Å². The average molecular weight is 300 g/mol. The lowest BCUT2D eigenvalue weighted by Crippen LogP contribution is -2.02. The van der Waals surface area contributed by atoms with Gasteiger partial charge in [0, 0.05) is 22.8 Å². The fraction of sp³-hybridized carbons (Fsp3) is 0.235. The average Bonchev–Trinajstić information content (AvgIpc) is 2.79. The van der Waals surface area contributed by atoms with Crippen LogP contribution in [0.4, 0.5) is 5.69 Å². The van der Waals surface area contributed by atoms with Crippen LogP contribution in [0.1, 0.15) is 18.1 Å². The van der Waals surface area contributed by atoms with Gasteiger partial charge in [-0.15, -0.1) is 0 Å². The molecule has 2 N–H and O–H groups in total. The summed E-state index contributed by atoms with van der Waals surface area (Å²) >= 11 is 6.08. The minimum Gasteiger partial charge on any atom is -0.398 e. The van der Waals surface area contributed by atoms with Gasteiger partial charge in [-0.2, -0.15) is 0 Å². The maximum Gasteiger partial charge on any atom is 0.143 e. The van der Waals surface area contributed by atoms with E-state index in [4.69, 9.17) is 22.3 Å². The van der Waals surface area contributed by atoms with Crippen LogP contribution in [0, 0.1) is 13.8 Å². The molecule has 0 saturated carbocycles. The summed E-state index contributed by atoms with van der Waals surface area (Å²) in [6.07, 6.45) is 0. The number of nitrogen functional groups attached to an aromatic ring is 1. The molecule has 0 fully saturated rings. The first kappa shape index (κ1) is 14.0. The van der Waals surface area contributed by atoms with Crippen molar-refractivity contribution in [1.29, 1.82) is 0 Å². The predicted molar refractivity (Wildman–Crippen MR) is 89.7 cm³/mol. The molecule has 0 saturated heterocycles. The Morgan fingerprint density at radius 2 is 1.95 bits per heavy atom. The van der Waals surface area contributed by atoms with Crippen molar-refractivity contribution >= 4 is 28.3 Å². The Kier molecular flexibility index (Phi) is 3.38. The molecule has 1 aromatic heterocycles. The molecule has 0 aliphatic rings. The summed E-state index contributed by atoms with van der Waals surface area (Å²) in [4.78, 5) is 4.76. The smallest absolute Gasteiger partial charge is 0.143 e. The SMILES string of the molecule is CCn1c(-c2cc(C)cc(C)c2N)nc2cc(Cl)ccc21. The van der Waals surface area contributed by atoms with Crippen LogP contribution in [-0.2, 0) is 6.54 Å². The van der Waals surface area contributed by atoms with E-state index in [0.29, 0.717) is 5.02 Å². The lowest BCUT2D eigenvalue weighted by Gasteiger charge is -2.11. The van der Waals surface area contributed by atoms with E-state index < -0.39 is 0 Å². The normalized spacial score (nSPS) is 11.2. The van der Waals surface area contributed by atoms with Gasteiger partial charge in [0.25, 0.3) is 0 Å². The summed E-state index contributed by atoms with van der Waals surface area (Å²) < 4.78 is 2.18. The van der Waals surface area contributed by atoms with E-state index in [9.17, 15) is 0 Å². The third-order valence-electron chi connectivity index (χ3n) is 3.80. The molecule has 3 rings (SSSR count). The highest BCUT2D eigenvalue weighted by atomic mass is 35.5. The Morgan fingerprint density at radius 1 is 1.19 bits per heavy atom. The van der Waals surface area contributed by atoms with Crippen LogP contribution < -0.4 is 5.73 Å². The molecule has 0 bridgehead atoms. The first-order valence-electron chi connectivity index (χ1n) is 7.04. The molecule has 21 heavy (non-hydrogen) atoms. The maximum atomic E-state index is 6.28. The molecule has 108 valence electrons. The highest BCUT2D eigenvalue weighted by Gasteiger charge is 2.15. The number of hydrogen-bond donors (Lipinski definition) is 1. The summed E-state index contributed by atoms with van der Waals surface area (Å²) in [5.74, 6) is 0.902. The van der Waals surface area contributed by atoms with Crippen molar-refractivity contribution in [2.75, 3.05) is 5.73 Å². The van der Waals surface area contributed by atoms with Crippen molar-refractivity contribution in [3.8, 4) is 11.4 Å². The fourth-order valence-corrected chi connectivity index (χ4v) is 2.96. The molecule has 0 atom stereocenters. The second kappa shape index (κ2) is 5.08. The van der Waals surface area contributed by atoms with Crippen LogP contribution in [0.25, 0.3) is 22.4 Å². The number of nitrogens with zero attached hydrogens (tertiary/aromatic N) is 2. The molecular weight excluding hydrogens is 282 g/mol. The fourth-order valence-electron chi connectivity index (χ4n) is 2.79. The van der Waals surface area contributed by atoms with E-state index >= 15 is 0 Å². The summed E-state index contributed by atoms with van der Waals surface area (Å²) in [6, 6.07) is 9.99. The van der Waals surface area contributed by atoms with E-state index in [-0.39, 0.29) is 0 Å². The van der Waals surface area contributed by atoms with E-state index in [1.54, 1.807) is 0 Å². The van der Waals surface area contributed by atoms with Crippen LogP contribution >= 0.6 is 11.6 Å². The standard InChI is InChI=1S/C17H18ClN3/c1-4-21-15-6-5-12(18)9-14(15)20-17(21)13-8-10(2)7-11(3)16(13)19/h5-9H,4,19H2,1-3H3. The second-order valence-electron chi connectivity index (χ2n) is 5.36. The van der Waals surface area contributed by atoms with E-state index in [2.05, 4.69) is 30.5 Å². The van der Waals surface area contributed by atoms with Gasteiger partial charge in [-0.3, -0.25) is 0 Å². The zero-order valence-electron chi connectivity index (χ0n) is 12.4. The lowest BCUT2D eigenvalue weighted by molar-refractivity contribution is 0.796. The number of fused-ring (bicyclic) bond motifs is 1. The number of hydrogen-bond acceptors (Lipinski definition) is 2. The Balaban J connectivity index is 2.35. The monoisotopic (exact) mass is 299 g/mol. The van der Waals surface area contributed by atoms with Gasteiger partial charge in [0.2, 0.25) is 0 Å². The van der Waals surface area contributed by atoms with Crippen LogP contribution in [0.2, 0.25) is 5.02 Å². The zero-order valence-corrected chi connectivity index (χ0v) is 13.2. The van der Waals surface area contributed by atoms with Gasteiger partial charge in [0.05, 0.1) is 11.0 Å². The molecule has 0 radical (unpaired) electrons. The predicted octanol–water partition coefficient (Wildman–Crippen LogP) is 4.58. The third kappa shape index (κ3) is 2.28. The molecule has 0 unspecified atom stereocenters. The number of aromatic nitrogens is 2. The van der Waals surface area contributed by atoms with E-state index in [0.717, 1.165) is 40.2 Å². The Labute approximate surface area is 129 Å². The highest BCUT2D eigenvalue weighted by Crippen LogP contribution is 2.32. The van der Waals surface area contributed by atoms with Gasteiger partial charge in [0.15, 0.2) is 0 Å². The Bertz CT molecular complexity index is 834. The first-order chi connectivity index (χ1) is 10.0. The molecule has 0 amide bonds. The quantitative estimate of drug-likeness (QED) is 0.704. The van der Waals surface area contributed by atoms with Gasteiger partial charge < -0.3 is 10.3 Å². The van der Waals surface area contributed by atoms with E-state index in [1.807, 2.05) is 25.1 Å². The highest BCUT2D eigenvalue weighted by molar-refractivity contribution is 6.31. The number of benzene rings is 2. The molecule has 0 aliphatic heterocycles. The molecule has 0 spiro atoms. The Morgan fingerprint density at radius 3 is 2.67 bits per heavy atom. The number of nitrogens with two attached hydrogens (primary N) is 1. The van der Waals surface area contributed by atoms with Crippen molar-refractivity contribution in [2.45, 2.75) is 27.3 Å². The van der Waals surface area contributed by atoms with Gasteiger partial charge >= 0.3 is 0 Å². The summed E-state index contributed by atoms with van der Waals surface area (Å²) in [5, 5.41) is 0.697. The van der Waals surface area contributed by atoms with Crippen LogP contribution in [-0.4, -0.2) is 9.55 Å². The molecule has 3 nitrogen and oxygen atoms in total. The molecule has 3 aromatic rings. The number of anilines is 1. The Hall–Kier alpha value is -2.00. The number of aryl methyl sites for hydroxylation is 3. The van der Waals surface area contributed by atoms with Gasteiger partial charge in [0.1, 0.15) is 5.82 Å². The third-order valence-corrected chi connectivity index (χ3v) is 4.03. The van der Waals surface area contributed by atoms with Crippen molar-refractivity contribution in [1.82, 2.24) is 9.55 Å². The maximum absolute atomic E-state index is 6.28. The molecule has 2 aromatic carbocycles. The van der Waals surface area contributed by atoms with E-state index in [1.165, 1.54) is 5.56 Å². The largest absolute Gasteiger partial charge is 0.398 e. The van der Waals surface area contributed by atoms with Crippen molar-refractivity contribution < 1.29 is 0 Å². The summed E-state index contributed by atoms with van der Waals surface area (Å²) in [7, 11) is 0. The second-order valence-corrected chi connectivity index (χ2v) is 5.79. The number of imidazole rings is 1. The first-order valence-corrected chi connectivity index (χ1v) is 7.42. The van der Waals surface area contributed by atoms with Gasteiger partial charge in [-0.05, 0) is 56.2 Å². The topological polar surface area (TPSA) is 43.8 Å². The molecular formula is C17H18ClN3. The molecule has 4 heteroatoms. The minimum atomic E-state index is 0.697. The summed E-state index contributed by atoms with van der Waals surface area (Å²) in [5.41, 5.74) is 12.3. The molecule has 1 heterocycles. The zero-order chi connectivity index (χ0) is 15.1. The van der Waals surface area contributed by atoms with Crippen LogP contribution in [0.3, 0.4) is 0 Å². The summed E-state index contributed by atoms with van der Waals surface area (Å²) in [6.45, 7) is 7.05. The minimum absolute atomic E-state index is 0.697. The number of halogens is 1. The van der Waals surface area contributed by atoms with Crippen molar-refractivity contribution in [2.24, 2.45) is 0 Å².